The lowest BCUT2D eigenvalue weighted by Gasteiger charge is -2.13. The summed E-state index contributed by atoms with van der Waals surface area (Å²) in [7, 11) is 0. The Morgan fingerprint density at radius 1 is 1.16 bits per heavy atom. The van der Waals surface area contributed by atoms with E-state index in [-0.39, 0.29) is 11.9 Å². The summed E-state index contributed by atoms with van der Waals surface area (Å²) in [4.78, 5) is 0. The van der Waals surface area contributed by atoms with Crippen LogP contribution < -0.4 is 10.5 Å². The first-order chi connectivity index (χ1) is 9.20. The number of nitrogens with two attached hydrogens (primary N) is 1. The lowest BCUT2D eigenvalue weighted by atomic mass is 9.99. The summed E-state index contributed by atoms with van der Waals surface area (Å²) < 4.78 is 19.1. The summed E-state index contributed by atoms with van der Waals surface area (Å²) >= 11 is 0. The van der Waals surface area contributed by atoms with Crippen LogP contribution in [0.4, 0.5) is 4.39 Å². The Labute approximate surface area is 113 Å². The van der Waals surface area contributed by atoms with Crippen LogP contribution in [0, 0.1) is 5.82 Å². The van der Waals surface area contributed by atoms with E-state index < -0.39 is 0 Å². The number of hydrogen-bond acceptors (Lipinski definition) is 2. The van der Waals surface area contributed by atoms with Gasteiger partial charge in [-0.05, 0) is 37.1 Å². The summed E-state index contributed by atoms with van der Waals surface area (Å²) in [6, 6.07) is 14.0. The second-order valence-corrected chi connectivity index (χ2v) is 4.41. The molecule has 2 rings (SSSR count). The fraction of sp³-hybridized carbons (Fsp3) is 0.250. The van der Waals surface area contributed by atoms with Gasteiger partial charge in [0.2, 0.25) is 0 Å². The van der Waals surface area contributed by atoms with Gasteiger partial charge in [0.15, 0.2) is 0 Å². The summed E-state index contributed by atoms with van der Waals surface area (Å²) in [6.07, 6.45) is 0.585. The molecule has 0 radical (unpaired) electrons. The van der Waals surface area contributed by atoms with E-state index in [0.29, 0.717) is 18.6 Å². The van der Waals surface area contributed by atoms with Gasteiger partial charge in [0, 0.05) is 11.6 Å². The Morgan fingerprint density at radius 3 is 2.68 bits per heavy atom. The highest BCUT2D eigenvalue weighted by Crippen LogP contribution is 2.21. The Morgan fingerprint density at radius 2 is 1.95 bits per heavy atom. The van der Waals surface area contributed by atoms with Gasteiger partial charge in [0.1, 0.15) is 11.6 Å². The molecular formula is C16H18FNO. The molecule has 19 heavy (non-hydrogen) atoms. The van der Waals surface area contributed by atoms with Gasteiger partial charge in [-0.2, -0.15) is 0 Å². The Balaban J connectivity index is 2.12. The normalized spacial score (nSPS) is 12.2. The molecule has 0 saturated heterocycles. The van der Waals surface area contributed by atoms with Crippen molar-refractivity contribution in [1.29, 1.82) is 0 Å². The molecule has 100 valence electrons. The molecule has 0 amide bonds. The molecule has 1 atom stereocenters. The highest BCUT2D eigenvalue weighted by molar-refractivity contribution is 5.31. The minimum atomic E-state index is -0.349. The van der Waals surface area contributed by atoms with Crippen LogP contribution in [-0.4, -0.2) is 6.61 Å². The van der Waals surface area contributed by atoms with E-state index in [1.54, 1.807) is 18.2 Å². The molecule has 3 heteroatoms. The van der Waals surface area contributed by atoms with Gasteiger partial charge in [-0.25, -0.2) is 4.39 Å². The average Bonchev–Trinajstić information content (AvgIpc) is 2.40. The molecule has 2 nitrogen and oxygen atoms in total. The van der Waals surface area contributed by atoms with E-state index in [1.165, 1.54) is 6.07 Å². The lowest BCUT2D eigenvalue weighted by Crippen LogP contribution is -2.15. The molecular weight excluding hydrogens is 241 g/mol. The second kappa shape index (κ2) is 6.34. The van der Waals surface area contributed by atoms with Gasteiger partial charge in [-0.3, -0.25) is 0 Å². The van der Waals surface area contributed by atoms with Crippen molar-refractivity contribution < 1.29 is 9.13 Å². The topological polar surface area (TPSA) is 35.2 Å². The largest absolute Gasteiger partial charge is 0.494 e. The molecule has 2 aromatic rings. The van der Waals surface area contributed by atoms with Gasteiger partial charge in [0.25, 0.3) is 0 Å². The zero-order valence-electron chi connectivity index (χ0n) is 11.0. The number of hydrogen-bond donors (Lipinski definition) is 1. The highest BCUT2D eigenvalue weighted by atomic mass is 19.1. The fourth-order valence-corrected chi connectivity index (χ4v) is 2.07. The summed E-state index contributed by atoms with van der Waals surface area (Å²) in [5.41, 5.74) is 7.66. The van der Waals surface area contributed by atoms with Crippen molar-refractivity contribution in [3.05, 3.63) is 65.5 Å². The fourth-order valence-electron chi connectivity index (χ4n) is 2.07. The number of ether oxygens (including phenoxy) is 1. The minimum absolute atomic E-state index is 0.254. The summed E-state index contributed by atoms with van der Waals surface area (Å²) in [5.74, 6) is 0.566. The molecule has 0 fully saturated rings. The summed E-state index contributed by atoms with van der Waals surface area (Å²) in [6.45, 7) is 2.57. The minimum Gasteiger partial charge on any atom is -0.494 e. The van der Waals surface area contributed by atoms with E-state index >= 15 is 0 Å². The van der Waals surface area contributed by atoms with Crippen molar-refractivity contribution in [3.8, 4) is 5.75 Å². The third-order valence-corrected chi connectivity index (χ3v) is 2.97. The number of rotatable bonds is 5. The van der Waals surface area contributed by atoms with Gasteiger partial charge < -0.3 is 10.5 Å². The van der Waals surface area contributed by atoms with Crippen LogP contribution in [0.3, 0.4) is 0 Å². The predicted octanol–water partition coefficient (Wildman–Crippen LogP) is 3.47. The third-order valence-electron chi connectivity index (χ3n) is 2.97. The predicted molar refractivity (Wildman–Crippen MR) is 74.6 cm³/mol. The van der Waals surface area contributed by atoms with E-state index in [2.05, 4.69) is 0 Å². The molecule has 0 aliphatic rings. The van der Waals surface area contributed by atoms with Crippen molar-refractivity contribution in [2.75, 3.05) is 6.61 Å². The standard InChI is InChI=1S/C16H18FNO/c1-2-19-13-7-5-6-12(10-13)11-16(18)14-8-3-4-9-15(14)17/h3-10,16H,2,11,18H2,1H3. The summed E-state index contributed by atoms with van der Waals surface area (Å²) in [5, 5.41) is 0. The lowest BCUT2D eigenvalue weighted by molar-refractivity contribution is 0.340. The van der Waals surface area contributed by atoms with Crippen LogP contribution in [0.15, 0.2) is 48.5 Å². The molecule has 0 heterocycles. The first-order valence-corrected chi connectivity index (χ1v) is 6.42. The Bertz CT molecular complexity index is 542. The molecule has 0 aliphatic heterocycles. The first-order valence-electron chi connectivity index (χ1n) is 6.42. The third kappa shape index (κ3) is 3.55. The molecule has 0 bridgehead atoms. The molecule has 1 unspecified atom stereocenters. The second-order valence-electron chi connectivity index (χ2n) is 4.41. The molecule has 0 aromatic heterocycles. The van der Waals surface area contributed by atoms with Crippen molar-refractivity contribution in [2.45, 2.75) is 19.4 Å². The van der Waals surface area contributed by atoms with Crippen molar-refractivity contribution >= 4 is 0 Å². The van der Waals surface area contributed by atoms with E-state index in [1.807, 2.05) is 31.2 Å². The molecule has 2 N–H and O–H groups in total. The molecule has 2 aromatic carbocycles. The molecule has 0 spiro atoms. The Kier molecular flexibility index (Phi) is 4.53. The van der Waals surface area contributed by atoms with E-state index in [9.17, 15) is 4.39 Å². The average molecular weight is 259 g/mol. The maximum Gasteiger partial charge on any atom is 0.127 e. The highest BCUT2D eigenvalue weighted by Gasteiger charge is 2.11. The maximum absolute atomic E-state index is 13.6. The first kappa shape index (κ1) is 13.6. The zero-order chi connectivity index (χ0) is 13.7. The van der Waals surface area contributed by atoms with E-state index in [0.717, 1.165) is 11.3 Å². The molecule has 0 saturated carbocycles. The van der Waals surface area contributed by atoms with Crippen LogP contribution in [0.25, 0.3) is 0 Å². The van der Waals surface area contributed by atoms with Gasteiger partial charge in [0.05, 0.1) is 6.61 Å². The van der Waals surface area contributed by atoms with Crippen LogP contribution >= 0.6 is 0 Å². The van der Waals surface area contributed by atoms with E-state index in [4.69, 9.17) is 10.5 Å². The number of benzene rings is 2. The van der Waals surface area contributed by atoms with Crippen molar-refractivity contribution in [1.82, 2.24) is 0 Å². The van der Waals surface area contributed by atoms with Crippen molar-refractivity contribution in [3.63, 3.8) is 0 Å². The smallest absolute Gasteiger partial charge is 0.127 e. The van der Waals surface area contributed by atoms with Gasteiger partial charge in [-0.1, -0.05) is 30.3 Å². The van der Waals surface area contributed by atoms with Crippen molar-refractivity contribution in [2.24, 2.45) is 5.73 Å². The molecule has 0 aliphatic carbocycles. The monoisotopic (exact) mass is 259 g/mol. The van der Waals surface area contributed by atoms with Gasteiger partial charge >= 0.3 is 0 Å². The number of halogens is 1. The SMILES string of the molecule is CCOc1cccc(CC(N)c2ccccc2F)c1. The van der Waals surface area contributed by atoms with Crippen LogP contribution in [0.2, 0.25) is 0 Å². The quantitative estimate of drug-likeness (QED) is 0.892. The zero-order valence-corrected chi connectivity index (χ0v) is 11.0. The van der Waals surface area contributed by atoms with Crippen LogP contribution in [0.1, 0.15) is 24.1 Å². The Hall–Kier alpha value is -1.87. The maximum atomic E-state index is 13.6. The van der Waals surface area contributed by atoms with Crippen LogP contribution in [0.5, 0.6) is 5.75 Å². The van der Waals surface area contributed by atoms with Gasteiger partial charge in [-0.15, -0.1) is 0 Å². The van der Waals surface area contributed by atoms with Crippen LogP contribution in [-0.2, 0) is 6.42 Å².